The third-order valence-electron chi connectivity index (χ3n) is 2.35. The van der Waals surface area contributed by atoms with Gasteiger partial charge in [-0.3, -0.25) is 9.59 Å². The molecule has 0 unspecified atom stereocenters. The second-order valence-electron chi connectivity index (χ2n) is 4.18. The van der Waals surface area contributed by atoms with Crippen LogP contribution in [0.3, 0.4) is 0 Å². The summed E-state index contributed by atoms with van der Waals surface area (Å²) in [6.07, 6.45) is 0. The van der Waals surface area contributed by atoms with Crippen LogP contribution in [-0.4, -0.2) is 24.9 Å². The van der Waals surface area contributed by atoms with Crippen molar-refractivity contribution in [3.05, 3.63) is 34.3 Å². The predicted octanol–water partition coefficient (Wildman–Crippen LogP) is 1.95. The van der Waals surface area contributed by atoms with Crippen LogP contribution < -0.4 is 10.6 Å². The van der Waals surface area contributed by atoms with E-state index in [1.165, 1.54) is 0 Å². The van der Waals surface area contributed by atoms with Gasteiger partial charge in [0.05, 0.1) is 5.56 Å². The standard InChI is InChI=1S/C13H17BrN2O2/c1-9(2)12(17)15-7-8-16-13(18)10-5-3-4-6-11(10)14/h3-6,9H,7-8H2,1-2H3,(H,15,17)(H,16,18). The number of carbonyl (C=O) groups is 2. The fourth-order valence-electron chi connectivity index (χ4n) is 1.31. The SMILES string of the molecule is CC(C)C(=O)NCCNC(=O)c1ccccc1Br. The lowest BCUT2D eigenvalue weighted by molar-refractivity contribution is -0.123. The Morgan fingerprint density at radius 2 is 1.78 bits per heavy atom. The van der Waals surface area contributed by atoms with Crippen LogP contribution in [-0.2, 0) is 4.79 Å². The molecule has 2 N–H and O–H groups in total. The molecule has 0 bridgehead atoms. The number of halogens is 1. The summed E-state index contributed by atoms with van der Waals surface area (Å²) in [5.74, 6) is -0.199. The second-order valence-corrected chi connectivity index (χ2v) is 5.04. The molecule has 0 radical (unpaired) electrons. The molecule has 0 saturated carbocycles. The van der Waals surface area contributed by atoms with E-state index in [2.05, 4.69) is 26.6 Å². The quantitative estimate of drug-likeness (QED) is 0.816. The van der Waals surface area contributed by atoms with E-state index in [0.717, 1.165) is 4.47 Å². The van der Waals surface area contributed by atoms with Crippen molar-refractivity contribution in [2.45, 2.75) is 13.8 Å². The molecule has 0 aliphatic rings. The first kappa shape index (κ1) is 14.7. The number of amides is 2. The average molecular weight is 313 g/mol. The first-order valence-electron chi connectivity index (χ1n) is 5.83. The van der Waals surface area contributed by atoms with Gasteiger partial charge < -0.3 is 10.6 Å². The molecule has 0 aliphatic carbocycles. The lowest BCUT2D eigenvalue weighted by atomic mass is 10.2. The molecule has 0 saturated heterocycles. The first-order chi connectivity index (χ1) is 8.52. The first-order valence-corrected chi connectivity index (χ1v) is 6.62. The van der Waals surface area contributed by atoms with E-state index in [0.29, 0.717) is 18.7 Å². The van der Waals surface area contributed by atoms with E-state index in [1.807, 2.05) is 26.0 Å². The normalized spacial score (nSPS) is 10.2. The monoisotopic (exact) mass is 312 g/mol. The highest BCUT2D eigenvalue weighted by atomic mass is 79.9. The van der Waals surface area contributed by atoms with Crippen LogP contribution in [0, 0.1) is 5.92 Å². The molecular formula is C13H17BrN2O2. The third-order valence-corrected chi connectivity index (χ3v) is 3.04. The van der Waals surface area contributed by atoms with Crippen molar-refractivity contribution >= 4 is 27.7 Å². The Labute approximate surface area is 115 Å². The van der Waals surface area contributed by atoms with Gasteiger partial charge in [-0.1, -0.05) is 26.0 Å². The number of carbonyl (C=O) groups excluding carboxylic acids is 2. The van der Waals surface area contributed by atoms with Gasteiger partial charge in [0.1, 0.15) is 0 Å². The molecule has 0 atom stereocenters. The Hall–Kier alpha value is -1.36. The van der Waals surface area contributed by atoms with Crippen molar-refractivity contribution in [3.63, 3.8) is 0 Å². The lowest BCUT2D eigenvalue weighted by Crippen LogP contribution is -2.36. The Morgan fingerprint density at radius 1 is 1.17 bits per heavy atom. The molecule has 1 aromatic carbocycles. The van der Waals surface area contributed by atoms with Crippen LogP contribution in [0.15, 0.2) is 28.7 Å². The lowest BCUT2D eigenvalue weighted by Gasteiger charge is -2.09. The van der Waals surface area contributed by atoms with Crippen molar-refractivity contribution in [2.24, 2.45) is 5.92 Å². The van der Waals surface area contributed by atoms with Gasteiger partial charge in [0.15, 0.2) is 0 Å². The summed E-state index contributed by atoms with van der Waals surface area (Å²) in [5.41, 5.74) is 0.590. The van der Waals surface area contributed by atoms with Crippen LogP contribution >= 0.6 is 15.9 Å². The smallest absolute Gasteiger partial charge is 0.252 e. The fourth-order valence-corrected chi connectivity index (χ4v) is 1.77. The van der Waals surface area contributed by atoms with Crippen LogP contribution in [0.2, 0.25) is 0 Å². The largest absolute Gasteiger partial charge is 0.354 e. The Bertz CT molecular complexity index is 433. The minimum Gasteiger partial charge on any atom is -0.354 e. The van der Waals surface area contributed by atoms with Crippen molar-refractivity contribution in [1.82, 2.24) is 10.6 Å². The Kier molecular flexibility index (Phi) is 5.85. The molecule has 0 spiro atoms. The van der Waals surface area contributed by atoms with Crippen LogP contribution in [0.1, 0.15) is 24.2 Å². The Morgan fingerprint density at radius 3 is 2.39 bits per heavy atom. The van der Waals surface area contributed by atoms with Crippen molar-refractivity contribution < 1.29 is 9.59 Å². The highest BCUT2D eigenvalue weighted by Crippen LogP contribution is 2.15. The highest BCUT2D eigenvalue weighted by Gasteiger charge is 2.09. The summed E-state index contributed by atoms with van der Waals surface area (Å²) in [5, 5.41) is 5.49. The maximum Gasteiger partial charge on any atom is 0.252 e. The van der Waals surface area contributed by atoms with Gasteiger partial charge in [0, 0.05) is 23.5 Å². The molecule has 18 heavy (non-hydrogen) atoms. The fraction of sp³-hybridized carbons (Fsp3) is 0.385. The minimum atomic E-state index is -0.152. The van der Waals surface area contributed by atoms with Crippen LogP contribution in [0.5, 0.6) is 0 Å². The van der Waals surface area contributed by atoms with E-state index in [9.17, 15) is 9.59 Å². The van der Waals surface area contributed by atoms with E-state index in [-0.39, 0.29) is 17.7 Å². The molecule has 0 heterocycles. The van der Waals surface area contributed by atoms with Gasteiger partial charge in [-0.15, -0.1) is 0 Å². The molecule has 0 fully saturated rings. The zero-order valence-corrected chi connectivity index (χ0v) is 12.1. The summed E-state index contributed by atoms with van der Waals surface area (Å²) in [6, 6.07) is 7.21. The van der Waals surface area contributed by atoms with E-state index < -0.39 is 0 Å². The van der Waals surface area contributed by atoms with Crippen molar-refractivity contribution in [3.8, 4) is 0 Å². The van der Waals surface area contributed by atoms with Crippen molar-refractivity contribution in [1.29, 1.82) is 0 Å². The second kappa shape index (κ2) is 7.16. The summed E-state index contributed by atoms with van der Waals surface area (Å²) >= 11 is 3.32. The van der Waals surface area contributed by atoms with E-state index in [4.69, 9.17) is 0 Å². The molecule has 0 aromatic heterocycles. The summed E-state index contributed by atoms with van der Waals surface area (Å²) < 4.78 is 0.758. The number of hydrogen-bond donors (Lipinski definition) is 2. The molecule has 1 aromatic rings. The number of nitrogens with one attached hydrogen (secondary N) is 2. The van der Waals surface area contributed by atoms with Gasteiger partial charge >= 0.3 is 0 Å². The van der Waals surface area contributed by atoms with E-state index >= 15 is 0 Å². The van der Waals surface area contributed by atoms with Gasteiger partial charge in [-0.2, -0.15) is 0 Å². The van der Waals surface area contributed by atoms with Gasteiger partial charge in [0.25, 0.3) is 5.91 Å². The zero-order chi connectivity index (χ0) is 13.5. The van der Waals surface area contributed by atoms with Crippen LogP contribution in [0.4, 0.5) is 0 Å². The zero-order valence-electron chi connectivity index (χ0n) is 10.5. The van der Waals surface area contributed by atoms with Gasteiger partial charge in [0.2, 0.25) is 5.91 Å². The van der Waals surface area contributed by atoms with Crippen LogP contribution in [0.25, 0.3) is 0 Å². The molecule has 0 aliphatic heterocycles. The predicted molar refractivity (Wildman–Crippen MR) is 74.3 cm³/mol. The number of hydrogen-bond acceptors (Lipinski definition) is 2. The number of rotatable bonds is 5. The molecule has 4 nitrogen and oxygen atoms in total. The third kappa shape index (κ3) is 4.49. The van der Waals surface area contributed by atoms with Gasteiger partial charge in [-0.05, 0) is 28.1 Å². The molecule has 98 valence electrons. The average Bonchev–Trinajstić information content (AvgIpc) is 2.34. The molecule has 2 amide bonds. The maximum atomic E-state index is 11.8. The van der Waals surface area contributed by atoms with Crippen molar-refractivity contribution in [2.75, 3.05) is 13.1 Å². The summed E-state index contributed by atoms with van der Waals surface area (Å²) in [6.45, 7) is 4.51. The van der Waals surface area contributed by atoms with Gasteiger partial charge in [-0.25, -0.2) is 0 Å². The summed E-state index contributed by atoms with van der Waals surface area (Å²) in [7, 11) is 0. The molecule has 1 rings (SSSR count). The highest BCUT2D eigenvalue weighted by molar-refractivity contribution is 9.10. The Balaban J connectivity index is 2.35. The topological polar surface area (TPSA) is 58.2 Å². The summed E-state index contributed by atoms with van der Waals surface area (Å²) in [4.78, 5) is 23.1. The maximum absolute atomic E-state index is 11.8. The molecule has 5 heteroatoms. The van der Waals surface area contributed by atoms with E-state index in [1.54, 1.807) is 12.1 Å². The minimum absolute atomic E-state index is 0.00913. The molecular weight excluding hydrogens is 296 g/mol. The number of benzene rings is 1.